The van der Waals surface area contributed by atoms with Gasteiger partial charge in [0.25, 0.3) is 0 Å². The number of nitrogens with zero attached hydrogens (tertiary/aromatic N) is 5. The lowest BCUT2D eigenvalue weighted by Gasteiger charge is -2.26. The van der Waals surface area contributed by atoms with Gasteiger partial charge in [0, 0.05) is 17.6 Å². The molecule has 0 N–H and O–H groups in total. The number of rotatable bonds is 5. The fraction of sp³-hybridized carbons (Fsp3) is 0.364. The van der Waals surface area contributed by atoms with Gasteiger partial charge in [0.15, 0.2) is 5.82 Å². The van der Waals surface area contributed by atoms with E-state index in [1.165, 1.54) is 0 Å². The standard InChI is InChI=1S/C22H20ClN5O4/c23-13-1-2-16-17(7-13)25-20(26-21(16)32-15-4-6-30-12-15)9-27-19-8-24-5-3-18(19)28(22(27)29)14-10-31-11-14/h1-3,5,7-8,14-15H,4,6,9-12H2. The maximum Gasteiger partial charge on any atom is 0.330 e. The molecule has 2 saturated heterocycles. The smallest absolute Gasteiger partial charge is 0.330 e. The van der Waals surface area contributed by atoms with Crippen molar-refractivity contribution in [2.75, 3.05) is 26.4 Å². The molecule has 0 saturated carbocycles. The van der Waals surface area contributed by atoms with Crippen LogP contribution < -0.4 is 10.4 Å². The number of pyridine rings is 1. The third-order valence-electron chi connectivity index (χ3n) is 5.89. The lowest BCUT2D eigenvalue weighted by Crippen LogP contribution is -2.38. The van der Waals surface area contributed by atoms with Gasteiger partial charge in [0.05, 0.1) is 67.1 Å². The van der Waals surface area contributed by atoms with E-state index in [0.29, 0.717) is 48.7 Å². The third-order valence-corrected chi connectivity index (χ3v) is 6.12. The molecule has 1 atom stereocenters. The van der Waals surface area contributed by atoms with Gasteiger partial charge in [-0.2, -0.15) is 4.98 Å². The van der Waals surface area contributed by atoms with Crippen molar-refractivity contribution in [3.63, 3.8) is 0 Å². The van der Waals surface area contributed by atoms with E-state index < -0.39 is 0 Å². The van der Waals surface area contributed by atoms with Gasteiger partial charge >= 0.3 is 5.69 Å². The van der Waals surface area contributed by atoms with Crippen LogP contribution in [0.25, 0.3) is 21.9 Å². The average molecular weight is 454 g/mol. The zero-order chi connectivity index (χ0) is 21.7. The number of ether oxygens (including phenoxy) is 3. The molecule has 0 bridgehead atoms. The predicted molar refractivity (Wildman–Crippen MR) is 117 cm³/mol. The summed E-state index contributed by atoms with van der Waals surface area (Å²) in [5.74, 6) is 0.933. The third kappa shape index (κ3) is 3.33. The quantitative estimate of drug-likeness (QED) is 0.458. The number of benzene rings is 1. The lowest BCUT2D eigenvalue weighted by molar-refractivity contribution is -0.0231. The predicted octanol–water partition coefficient (Wildman–Crippen LogP) is 2.58. The molecule has 32 heavy (non-hydrogen) atoms. The van der Waals surface area contributed by atoms with Crippen molar-refractivity contribution in [1.82, 2.24) is 24.1 Å². The molecule has 0 radical (unpaired) electrons. The Morgan fingerprint density at radius 1 is 1.12 bits per heavy atom. The Morgan fingerprint density at radius 3 is 2.81 bits per heavy atom. The molecule has 5 heterocycles. The number of imidazole rings is 1. The van der Waals surface area contributed by atoms with Gasteiger partial charge in [-0.3, -0.25) is 14.1 Å². The summed E-state index contributed by atoms with van der Waals surface area (Å²) in [6.45, 7) is 2.42. The highest BCUT2D eigenvalue weighted by molar-refractivity contribution is 6.31. The molecular weight excluding hydrogens is 434 g/mol. The Bertz CT molecular complexity index is 1370. The topological polar surface area (TPSA) is 93.3 Å². The van der Waals surface area contributed by atoms with Gasteiger partial charge in [-0.1, -0.05) is 11.6 Å². The Balaban J connectivity index is 1.46. The summed E-state index contributed by atoms with van der Waals surface area (Å²) in [7, 11) is 0. The van der Waals surface area contributed by atoms with E-state index in [4.69, 9.17) is 25.8 Å². The fourth-order valence-corrected chi connectivity index (χ4v) is 4.36. The van der Waals surface area contributed by atoms with Crippen LogP contribution in [0.15, 0.2) is 41.5 Å². The second-order valence-corrected chi connectivity index (χ2v) is 8.44. The van der Waals surface area contributed by atoms with Crippen molar-refractivity contribution in [3.05, 3.63) is 58.0 Å². The molecule has 4 aromatic rings. The van der Waals surface area contributed by atoms with Crippen LogP contribution in [0.2, 0.25) is 5.02 Å². The summed E-state index contributed by atoms with van der Waals surface area (Å²) in [6, 6.07) is 7.28. The summed E-state index contributed by atoms with van der Waals surface area (Å²) in [5, 5.41) is 1.34. The SMILES string of the molecule is O=c1n(Cc2nc(OC3CCOC3)c3ccc(Cl)cc3n2)c2cnccc2n1C1COC1. The number of hydrogen-bond acceptors (Lipinski definition) is 7. The van der Waals surface area contributed by atoms with Crippen molar-refractivity contribution in [1.29, 1.82) is 0 Å². The maximum absolute atomic E-state index is 13.3. The second kappa shape index (κ2) is 7.84. The van der Waals surface area contributed by atoms with Crippen LogP contribution in [0, 0.1) is 0 Å². The first-order valence-corrected chi connectivity index (χ1v) is 10.9. The van der Waals surface area contributed by atoms with Crippen LogP contribution >= 0.6 is 11.6 Å². The lowest BCUT2D eigenvalue weighted by atomic mass is 10.2. The highest BCUT2D eigenvalue weighted by Gasteiger charge is 2.27. The van der Waals surface area contributed by atoms with Crippen molar-refractivity contribution in [2.24, 2.45) is 0 Å². The van der Waals surface area contributed by atoms with Gasteiger partial charge in [-0.15, -0.1) is 0 Å². The Kier molecular flexibility index (Phi) is 4.82. The van der Waals surface area contributed by atoms with Crippen LogP contribution in [0.5, 0.6) is 5.88 Å². The minimum Gasteiger partial charge on any atom is -0.471 e. The summed E-state index contributed by atoms with van der Waals surface area (Å²) in [6.07, 6.45) is 4.12. The summed E-state index contributed by atoms with van der Waals surface area (Å²) >= 11 is 6.22. The monoisotopic (exact) mass is 453 g/mol. The van der Waals surface area contributed by atoms with Gasteiger partial charge < -0.3 is 14.2 Å². The molecular formula is C22H20ClN5O4. The summed E-state index contributed by atoms with van der Waals surface area (Å²) in [5.41, 5.74) is 2.08. The molecule has 2 fully saturated rings. The molecule has 6 rings (SSSR count). The summed E-state index contributed by atoms with van der Waals surface area (Å²) in [4.78, 5) is 26.9. The van der Waals surface area contributed by atoms with E-state index >= 15 is 0 Å². The Labute approximate surface area is 187 Å². The van der Waals surface area contributed by atoms with Gasteiger partial charge in [-0.05, 0) is 24.3 Å². The second-order valence-electron chi connectivity index (χ2n) is 8.00. The molecule has 0 spiro atoms. The average Bonchev–Trinajstić information content (AvgIpc) is 3.35. The van der Waals surface area contributed by atoms with Crippen LogP contribution in [0.1, 0.15) is 18.3 Å². The zero-order valence-electron chi connectivity index (χ0n) is 17.1. The largest absolute Gasteiger partial charge is 0.471 e. The van der Waals surface area contributed by atoms with Crippen molar-refractivity contribution >= 4 is 33.5 Å². The van der Waals surface area contributed by atoms with Crippen LogP contribution in [0.3, 0.4) is 0 Å². The van der Waals surface area contributed by atoms with E-state index in [2.05, 4.69) is 15.0 Å². The Hall–Kier alpha value is -3.01. The Morgan fingerprint density at radius 2 is 2.03 bits per heavy atom. The maximum atomic E-state index is 13.3. The van der Waals surface area contributed by atoms with Gasteiger partial charge in [0.2, 0.25) is 5.88 Å². The van der Waals surface area contributed by atoms with Crippen LogP contribution in [0.4, 0.5) is 0 Å². The van der Waals surface area contributed by atoms with E-state index in [1.54, 1.807) is 33.7 Å². The molecule has 3 aromatic heterocycles. The molecule has 10 heteroatoms. The molecule has 1 unspecified atom stereocenters. The van der Waals surface area contributed by atoms with Gasteiger partial charge in [-0.25, -0.2) is 9.78 Å². The first-order chi connectivity index (χ1) is 15.7. The fourth-order valence-electron chi connectivity index (χ4n) is 4.19. The molecule has 0 amide bonds. The van der Waals surface area contributed by atoms with Crippen LogP contribution in [-0.2, 0) is 16.0 Å². The molecule has 9 nitrogen and oxygen atoms in total. The number of aromatic nitrogens is 5. The first kappa shape index (κ1) is 19.7. The van der Waals surface area contributed by atoms with E-state index in [-0.39, 0.29) is 24.4 Å². The van der Waals surface area contributed by atoms with Crippen LogP contribution in [-0.4, -0.2) is 56.6 Å². The number of fused-ring (bicyclic) bond motifs is 2. The molecule has 164 valence electrons. The van der Waals surface area contributed by atoms with Crippen molar-refractivity contribution < 1.29 is 14.2 Å². The normalized spacial score (nSPS) is 19.0. The highest BCUT2D eigenvalue weighted by atomic mass is 35.5. The van der Waals surface area contributed by atoms with E-state index in [1.807, 2.05) is 12.1 Å². The summed E-state index contributed by atoms with van der Waals surface area (Å²) < 4.78 is 20.3. The van der Waals surface area contributed by atoms with Crippen molar-refractivity contribution in [2.45, 2.75) is 25.1 Å². The molecule has 1 aromatic carbocycles. The highest BCUT2D eigenvalue weighted by Crippen LogP contribution is 2.28. The molecule has 2 aliphatic rings. The van der Waals surface area contributed by atoms with Crippen molar-refractivity contribution in [3.8, 4) is 5.88 Å². The minimum absolute atomic E-state index is 0.0197. The number of hydrogen-bond donors (Lipinski definition) is 0. The zero-order valence-corrected chi connectivity index (χ0v) is 17.9. The minimum atomic E-state index is -0.136. The molecule has 0 aliphatic carbocycles. The van der Waals surface area contributed by atoms with E-state index in [9.17, 15) is 4.79 Å². The van der Waals surface area contributed by atoms with E-state index in [0.717, 1.165) is 22.8 Å². The first-order valence-electron chi connectivity index (χ1n) is 10.5. The van der Waals surface area contributed by atoms with Gasteiger partial charge in [0.1, 0.15) is 6.10 Å². The molecule has 2 aliphatic heterocycles. The number of halogens is 1.